The van der Waals surface area contributed by atoms with Crippen molar-refractivity contribution < 1.29 is 21.9 Å². The maximum atomic E-state index is 13.6. The zero-order valence-corrected chi connectivity index (χ0v) is 13.0. The van der Waals surface area contributed by atoms with Gasteiger partial charge in [0, 0.05) is 13.2 Å². The summed E-state index contributed by atoms with van der Waals surface area (Å²) < 4.78 is 57.8. The molecular weight excluding hydrogens is 344 g/mol. The van der Waals surface area contributed by atoms with Crippen molar-refractivity contribution in [3.63, 3.8) is 0 Å². The van der Waals surface area contributed by atoms with E-state index < -0.39 is 32.1 Å². The second-order valence-electron chi connectivity index (χ2n) is 4.62. The summed E-state index contributed by atoms with van der Waals surface area (Å²) in [4.78, 5) is -0.620. The maximum Gasteiger partial charge on any atom is 0.244 e. The van der Waals surface area contributed by atoms with Crippen LogP contribution in [0, 0.1) is 11.6 Å². The minimum absolute atomic E-state index is 0.107. The lowest BCUT2D eigenvalue weighted by Crippen LogP contribution is -2.46. The van der Waals surface area contributed by atoms with Crippen LogP contribution in [0.1, 0.15) is 13.8 Å². The summed E-state index contributed by atoms with van der Waals surface area (Å²) in [6, 6.07) is 1.40. The number of halogens is 3. The van der Waals surface area contributed by atoms with Crippen molar-refractivity contribution in [2.24, 2.45) is 0 Å². The summed E-state index contributed by atoms with van der Waals surface area (Å²) in [5, 5.41) is 0. The first-order chi connectivity index (χ1) is 8.59. The molecule has 0 saturated carbocycles. The molecule has 0 saturated heterocycles. The van der Waals surface area contributed by atoms with E-state index in [2.05, 4.69) is 20.7 Å². The Morgan fingerprint density at radius 3 is 2.42 bits per heavy atom. The quantitative estimate of drug-likeness (QED) is 0.823. The molecule has 4 nitrogen and oxygen atoms in total. The van der Waals surface area contributed by atoms with Crippen LogP contribution in [0.3, 0.4) is 0 Å². The van der Waals surface area contributed by atoms with E-state index in [1.54, 1.807) is 13.8 Å². The van der Waals surface area contributed by atoms with Crippen molar-refractivity contribution in [1.82, 2.24) is 4.72 Å². The molecule has 0 spiro atoms. The summed E-state index contributed by atoms with van der Waals surface area (Å²) in [6.45, 7) is 3.28. The first-order valence-corrected chi connectivity index (χ1v) is 7.54. The van der Waals surface area contributed by atoms with E-state index in [0.29, 0.717) is 6.07 Å². The van der Waals surface area contributed by atoms with Crippen LogP contribution in [0.15, 0.2) is 21.5 Å². The van der Waals surface area contributed by atoms with E-state index >= 15 is 0 Å². The highest BCUT2D eigenvalue weighted by Crippen LogP contribution is 2.24. The molecule has 19 heavy (non-hydrogen) atoms. The smallest absolute Gasteiger partial charge is 0.244 e. The van der Waals surface area contributed by atoms with Crippen molar-refractivity contribution in [2.45, 2.75) is 24.3 Å². The highest BCUT2D eigenvalue weighted by molar-refractivity contribution is 9.10. The molecule has 0 aliphatic heterocycles. The first kappa shape index (κ1) is 16.5. The van der Waals surface area contributed by atoms with Crippen LogP contribution in [0.25, 0.3) is 0 Å². The molecule has 8 heteroatoms. The normalized spacial score (nSPS) is 12.7. The van der Waals surface area contributed by atoms with E-state index in [1.165, 1.54) is 7.11 Å². The fraction of sp³-hybridized carbons (Fsp3) is 0.455. The van der Waals surface area contributed by atoms with Gasteiger partial charge in [0.25, 0.3) is 0 Å². The number of methoxy groups -OCH3 is 1. The Balaban J connectivity index is 3.18. The number of sulfonamides is 1. The van der Waals surface area contributed by atoms with Gasteiger partial charge in [0.2, 0.25) is 10.0 Å². The molecule has 0 fully saturated rings. The minimum Gasteiger partial charge on any atom is -0.383 e. The predicted octanol–water partition coefficient (Wildman–Crippen LogP) is 2.43. The lowest BCUT2D eigenvalue weighted by molar-refractivity contribution is 0.141. The Hall–Kier alpha value is -0.570. The van der Waals surface area contributed by atoms with Gasteiger partial charge in [-0.2, -0.15) is 0 Å². The van der Waals surface area contributed by atoms with Crippen molar-refractivity contribution in [3.05, 3.63) is 28.2 Å². The first-order valence-electron chi connectivity index (χ1n) is 5.26. The molecule has 0 aromatic heterocycles. The molecule has 0 radical (unpaired) electrons. The molecule has 0 heterocycles. The lowest BCUT2D eigenvalue weighted by Gasteiger charge is -2.25. The van der Waals surface area contributed by atoms with Crippen LogP contribution < -0.4 is 4.72 Å². The van der Waals surface area contributed by atoms with Gasteiger partial charge in [-0.15, -0.1) is 0 Å². The average Bonchev–Trinajstić information content (AvgIpc) is 2.21. The fourth-order valence-corrected chi connectivity index (χ4v) is 3.50. The van der Waals surface area contributed by atoms with E-state index in [1.807, 2.05) is 0 Å². The lowest BCUT2D eigenvalue weighted by atomic mass is 10.1. The second-order valence-corrected chi connectivity index (χ2v) is 7.12. The number of hydrogen-bond acceptors (Lipinski definition) is 3. The molecule has 1 N–H and O–H groups in total. The number of rotatable bonds is 5. The Morgan fingerprint density at radius 2 is 1.89 bits per heavy atom. The van der Waals surface area contributed by atoms with Gasteiger partial charge in [-0.25, -0.2) is 21.9 Å². The Kier molecular flexibility index (Phi) is 5.05. The third-order valence-corrected chi connectivity index (χ3v) is 4.50. The number of hydrogen-bond donors (Lipinski definition) is 1. The molecule has 108 valence electrons. The van der Waals surface area contributed by atoms with Crippen LogP contribution in [0.4, 0.5) is 8.78 Å². The molecule has 1 aromatic carbocycles. The van der Waals surface area contributed by atoms with Gasteiger partial charge in [0.15, 0.2) is 0 Å². The molecule has 0 bridgehead atoms. The monoisotopic (exact) mass is 357 g/mol. The number of nitrogens with one attached hydrogen (secondary N) is 1. The van der Waals surface area contributed by atoms with Crippen molar-refractivity contribution in [1.29, 1.82) is 0 Å². The molecule has 0 amide bonds. The van der Waals surface area contributed by atoms with Crippen LogP contribution in [-0.4, -0.2) is 27.7 Å². The topological polar surface area (TPSA) is 55.4 Å². The average molecular weight is 358 g/mol. The molecule has 1 aromatic rings. The molecular formula is C11H14BrF2NO3S. The summed E-state index contributed by atoms with van der Waals surface area (Å²) in [6.07, 6.45) is 0. The van der Waals surface area contributed by atoms with E-state index in [0.717, 1.165) is 6.07 Å². The number of ether oxygens (including phenoxy) is 1. The predicted molar refractivity (Wildman–Crippen MR) is 70.3 cm³/mol. The van der Waals surface area contributed by atoms with Crippen LogP contribution in [0.2, 0.25) is 0 Å². The summed E-state index contributed by atoms with van der Waals surface area (Å²) >= 11 is 2.82. The Morgan fingerprint density at radius 1 is 1.32 bits per heavy atom. The van der Waals surface area contributed by atoms with Crippen LogP contribution in [0.5, 0.6) is 0 Å². The third kappa shape index (κ3) is 4.20. The van der Waals surface area contributed by atoms with Crippen molar-refractivity contribution in [3.8, 4) is 0 Å². The van der Waals surface area contributed by atoms with Gasteiger partial charge in [0.05, 0.1) is 16.6 Å². The van der Waals surface area contributed by atoms with Gasteiger partial charge in [0.1, 0.15) is 16.5 Å². The van der Waals surface area contributed by atoms with E-state index in [9.17, 15) is 17.2 Å². The molecule has 0 atom stereocenters. The standard InChI is InChI=1S/C11H14BrF2NO3S/c1-11(2,6-18-3)15-19(16,17)10-4-7(12)8(13)5-9(10)14/h4-5,15H,6H2,1-3H3. The molecule has 0 aliphatic carbocycles. The summed E-state index contributed by atoms with van der Waals surface area (Å²) in [5.41, 5.74) is -0.916. The third-order valence-electron chi connectivity index (χ3n) is 2.18. The van der Waals surface area contributed by atoms with Crippen LogP contribution in [-0.2, 0) is 14.8 Å². The fourth-order valence-electron chi connectivity index (χ4n) is 1.52. The van der Waals surface area contributed by atoms with E-state index in [4.69, 9.17) is 4.74 Å². The minimum atomic E-state index is -4.11. The zero-order valence-electron chi connectivity index (χ0n) is 10.6. The van der Waals surface area contributed by atoms with Gasteiger partial charge in [-0.3, -0.25) is 0 Å². The van der Waals surface area contributed by atoms with Crippen molar-refractivity contribution in [2.75, 3.05) is 13.7 Å². The summed E-state index contributed by atoms with van der Waals surface area (Å²) in [7, 11) is -2.69. The molecule has 1 rings (SSSR count). The zero-order chi connectivity index (χ0) is 14.8. The molecule has 0 aliphatic rings. The van der Waals surface area contributed by atoms with E-state index in [-0.39, 0.29) is 11.1 Å². The van der Waals surface area contributed by atoms with Gasteiger partial charge < -0.3 is 4.74 Å². The largest absolute Gasteiger partial charge is 0.383 e. The number of benzene rings is 1. The highest BCUT2D eigenvalue weighted by Gasteiger charge is 2.29. The van der Waals surface area contributed by atoms with Gasteiger partial charge >= 0.3 is 0 Å². The Labute approximate surface area is 119 Å². The SMILES string of the molecule is COCC(C)(C)NS(=O)(=O)c1cc(Br)c(F)cc1F. The Bertz CT molecular complexity index is 576. The maximum absolute atomic E-state index is 13.6. The molecule has 0 unspecified atom stereocenters. The second kappa shape index (κ2) is 5.82. The summed E-state index contributed by atoms with van der Waals surface area (Å²) in [5.74, 6) is -2.02. The van der Waals surface area contributed by atoms with Crippen LogP contribution >= 0.6 is 15.9 Å². The van der Waals surface area contributed by atoms with Gasteiger partial charge in [-0.1, -0.05) is 0 Å². The highest BCUT2D eigenvalue weighted by atomic mass is 79.9. The van der Waals surface area contributed by atoms with Gasteiger partial charge in [-0.05, 0) is 35.8 Å². The van der Waals surface area contributed by atoms with Crippen molar-refractivity contribution >= 4 is 26.0 Å².